The largest absolute Gasteiger partial charge is 0.466 e. The van der Waals surface area contributed by atoms with Gasteiger partial charge in [-0.3, -0.25) is 0 Å². The van der Waals surface area contributed by atoms with E-state index in [1.165, 1.54) is 29.2 Å². The van der Waals surface area contributed by atoms with E-state index in [0.29, 0.717) is 40.4 Å². The third-order valence-corrected chi connectivity index (χ3v) is 7.10. The summed E-state index contributed by atoms with van der Waals surface area (Å²) >= 11 is 2.84. The van der Waals surface area contributed by atoms with Crippen molar-refractivity contribution in [1.29, 1.82) is 0 Å². The number of benzene rings is 1. The maximum absolute atomic E-state index is 14.4. The maximum Gasteiger partial charge on any atom is 0.410 e. The van der Waals surface area contributed by atoms with E-state index < -0.39 is 0 Å². The fourth-order valence-electron chi connectivity index (χ4n) is 3.77. The van der Waals surface area contributed by atoms with Crippen molar-refractivity contribution < 1.29 is 18.7 Å². The fraction of sp³-hybridized carbons (Fsp3) is 0.500. The summed E-state index contributed by atoms with van der Waals surface area (Å²) < 4.78 is 27.4. The highest BCUT2D eigenvalue weighted by Crippen LogP contribution is 2.31. The smallest absolute Gasteiger partial charge is 0.410 e. The Morgan fingerprint density at radius 3 is 2.66 bits per heavy atom. The number of thioether (sulfide) groups is 1. The average molecular weight is 479 g/mol. The van der Waals surface area contributed by atoms with Gasteiger partial charge in [0.25, 0.3) is 5.19 Å². The van der Waals surface area contributed by atoms with Crippen LogP contribution in [-0.2, 0) is 4.74 Å². The van der Waals surface area contributed by atoms with Crippen LogP contribution in [0.4, 0.5) is 9.18 Å². The van der Waals surface area contributed by atoms with E-state index in [0.717, 1.165) is 17.7 Å². The van der Waals surface area contributed by atoms with Crippen LogP contribution in [0.3, 0.4) is 0 Å². The Morgan fingerprint density at radius 1 is 1.28 bits per heavy atom. The first-order valence-electron chi connectivity index (χ1n) is 10.7. The Morgan fingerprint density at radius 2 is 2.03 bits per heavy atom. The number of hydrogen-bond donors (Lipinski definition) is 0. The van der Waals surface area contributed by atoms with Gasteiger partial charge >= 0.3 is 6.09 Å². The summed E-state index contributed by atoms with van der Waals surface area (Å²) in [6.45, 7) is 7.06. The van der Waals surface area contributed by atoms with Gasteiger partial charge < -0.3 is 14.4 Å². The van der Waals surface area contributed by atoms with Gasteiger partial charge in [0.05, 0.1) is 18.0 Å². The van der Waals surface area contributed by atoms with Crippen molar-refractivity contribution in [2.75, 3.05) is 19.3 Å². The van der Waals surface area contributed by atoms with E-state index in [9.17, 15) is 9.18 Å². The summed E-state index contributed by atoms with van der Waals surface area (Å²) in [5, 5.41) is 5.01. The molecule has 3 aromatic rings. The predicted octanol–water partition coefficient (Wildman–Crippen LogP) is 5.34. The van der Waals surface area contributed by atoms with Crippen LogP contribution in [0.2, 0.25) is 0 Å². The molecule has 172 valence electrons. The number of aromatic nitrogens is 3. The molecule has 4 rings (SSSR count). The van der Waals surface area contributed by atoms with Gasteiger partial charge in [0, 0.05) is 23.5 Å². The molecule has 7 nitrogen and oxygen atoms in total. The number of carbonyl (C=O) groups excluding carboxylic acids is 1. The van der Waals surface area contributed by atoms with Crippen molar-refractivity contribution in [3.05, 3.63) is 30.2 Å². The number of piperidine rings is 1. The third kappa shape index (κ3) is 5.01. The molecule has 1 saturated heterocycles. The summed E-state index contributed by atoms with van der Waals surface area (Å²) in [4.78, 5) is 19.9. The Hall–Kier alpha value is -2.33. The molecule has 1 unspecified atom stereocenters. The van der Waals surface area contributed by atoms with Gasteiger partial charge in [-0.25, -0.2) is 18.7 Å². The molecule has 0 aliphatic carbocycles. The first-order chi connectivity index (χ1) is 15.3. The first kappa shape index (κ1) is 22.8. The zero-order chi connectivity index (χ0) is 22.8. The molecule has 0 saturated carbocycles. The van der Waals surface area contributed by atoms with E-state index in [2.05, 4.69) is 10.1 Å². The third-order valence-electron chi connectivity index (χ3n) is 5.56. The van der Waals surface area contributed by atoms with Crippen LogP contribution >= 0.6 is 23.1 Å². The van der Waals surface area contributed by atoms with Crippen molar-refractivity contribution >= 4 is 34.2 Å². The molecular formula is C22H27FN4O3S2. The van der Waals surface area contributed by atoms with Crippen LogP contribution in [0.15, 0.2) is 29.3 Å². The summed E-state index contributed by atoms with van der Waals surface area (Å²) in [7, 11) is 0. The molecule has 1 amide bonds. The highest BCUT2D eigenvalue weighted by Gasteiger charge is 2.29. The summed E-state index contributed by atoms with van der Waals surface area (Å²) in [6.07, 6.45) is 4.95. The molecule has 0 radical (unpaired) electrons. The number of ether oxygens (including phenoxy) is 2. The fourth-order valence-corrected chi connectivity index (χ4v) is 5.01. The lowest BCUT2D eigenvalue weighted by atomic mass is 9.92. The van der Waals surface area contributed by atoms with Crippen LogP contribution in [0.25, 0.3) is 16.2 Å². The van der Waals surface area contributed by atoms with E-state index in [1.54, 1.807) is 21.7 Å². The summed E-state index contributed by atoms with van der Waals surface area (Å²) in [6, 6.07) is 5.15. The second kappa shape index (κ2) is 9.66. The molecule has 0 N–H and O–H groups in total. The van der Waals surface area contributed by atoms with Crippen molar-refractivity contribution in [1.82, 2.24) is 19.5 Å². The average Bonchev–Trinajstić information content (AvgIpc) is 3.31. The zero-order valence-corrected chi connectivity index (χ0v) is 20.2. The lowest BCUT2D eigenvalue weighted by molar-refractivity contribution is 0.0493. The van der Waals surface area contributed by atoms with Gasteiger partial charge in [0.1, 0.15) is 11.9 Å². The lowest BCUT2D eigenvalue weighted by Gasteiger charge is -2.34. The quantitative estimate of drug-likeness (QED) is 0.445. The van der Waals surface area contributed by atoms with Gasteiger partial charge in [0.2, 0.25) is 4.96 Å². The van der Waals surface area contributed by atoms with Gasteiger partial charge in [-0.2, -0.15) is 0 Å². The van der Waals surface area contributed by atoms with E-state index in [-0.39, 0.29) is 24.1 Å². The molecule has 2 aromatic heterocycles. The van der Waals surface area contributed by atoms with Crippen molar-refractivity contribution in [3.63, 3.8) is 0 Å². The standard InChI is InChI=1S/C22H27FN4O3S2/c1-13(2)29-22(28)26-9-7-15(8-10-26)14(3)30-21-25-27-12-19(24-20(27)32-21)17-6-5-16(31-4)11-18(17)23/h5-6,11-15H,7-10H2,1-4H3. The monoisotopic (exact) mass is 478 g/mol. The van der Waals surface area contributed by atoms with E-state index >= 15 is 0 Å². The van der Waals surface area contributed by atoms with Crippen LogP contribution in [0.5, 0.6) is 5.19 Å². The van der Waals surface area contributed by atoms with Gasteiger partial charge in [-0.05, 0) is 75.3 Å². The van der Waals surface area contributed by atoms with Crippen LogP contribution in [0.1, 0.15) is 33.6 Å². The number of hydrogen-bond acceptors (Lipinski definition) is 7. The molecule has 3 heterocycles. The normalized spacial score (nSPS) is 16.0. The maximum atomic E-state index is 14.4. The number of fused-ring (bicyclic) bond motifs is 1. The topological polar surface area (TPSA) is 69.0 Å². The first-order valence-corrected chi connectivity index (χ1v) is 12.7. The molecule has 10 heteroatoms. The molecule has 1 fully saturated rings. The van der Waals surface area contributed by atoms with Crippen molar-refractivity contribution in [2.45, 2.75) is 50.7 Å². The van der Waals surface area contributed by atoms with Crippen LogP contribution in [-0.4, -0.2) is 57.1 Å². The molecule has 1 aliphatic rings. The Bertz CT molecular complexity index is 1060. The van der Waals surface area contributed by atoms with Crippen molar-refractivity contribution in [3.8, 4) is 16.5 Å². The molecule has 0 spiro atoms. The number of rotatable bonds is 6. The molecule has 0 bridgehead atoms. The van der Waals surface area contributed by atoms with Crippen LogP contribution < -0.4 is 4.74 Å². The SMILES string of the molecule is CSc1ccc(-c2cn3nc(OC(C)C4CCN(C(=O)OC(C)C)CC4)sc3n2)c(F)c1. The highest BCUT2D eigenvalue weighted by molar-refractivity contribution is 7.98. The predicted molar refractivity (Wildman–Crippen MR) is 124 cm³/mol. The lowest BCUT2D eigenvalue weighted by Crippen LogP contribution is -2.42. The second-order valence-electron chi connectivity index (χ2n) is 8.15. The minimum Gasteiger partial charge on any atom is -0.466 e. The zero-order valence-electron chi connectivity index (χ0n) is 18.6. The van der Waals surface area contributed by atoms with E-state index in [1.807, 2.05) is 33.1 Å². The number of carbonyl (C=O) groups is 1. The van der Waals surface area contributed by atoms with Gasteiger partial charge in [0.15, 0.2) is 0 Å². The Kier molecular flexibility index (Phi) is 6.90. The molecule has 1 atom stereocenters. The highest BCUT2D eigenvalue weighted by atomic mass is 32.2. The van der Waals surface area contributed by atoms with Crippen molar-refractivity contribution in [2.24, 2.45) is 5.92 Å². The number of halogens is 1. The molecule has 1 aliphatic heterocycles. The molecular weight excluding hydrogens is 451 g/mol. The Balaban J connectivity index is 1.37. The number of likely N-dealkylation sites (tertiary alicyclic amines) is 1. The van der Waals surface area contributed by atoms with Gasteiger partial charge in [-0.15, -0.1) is 16.9 Å². The number of imidazole rings is 1. The summed E-state index contributed by atoms with van der Waals surface area (Å²) in [5.74, 6) is 0.0326. The number of amides is 1. The molecule has 1 aromatic carbocycles. The van der Waals surface area contributed by atoms with Crippen LogP contribution in [0, 0.1) is 11.7 Å². The Labute approximate surface area is 194 Å². The van der Waals surface area contributed by atoms with Gasteiger partial charge in [-0.1, -0.05) is 0 Å². The number of nitrogens with zero attached hydrogens (tertiary/aromatic N) is 4. The molecule has 32 heavy (non-hydrogen) atoms. The second-order valence-corrected chi connectivity index (χ2v) is 9.95. The minimum atomic E-state index is -0.295. The minimum absolute atomic E-state index is 0.0369. The van der Waals surface area contributed by atoms with E-state index in [4.69, 9.17) is 9.47 Å². The summed E-state index contributed by atoms with van der Waals surface area (Å²) in [5.41, 5.74) is 1.01.